The number of carbonyl (C=O) groups excluding carboxylic acids is 1. The van der Waals surface area contributed by atoms with Crippen LogP contribution in [0.2, 0.25) is 0 Å². The lowest BCUT2D eigenvalue weighted by Gasteiger charge is -2.39. The van der Waals surface area contributed by atoms with Crippen molar-refractivity contribution in [1.82, 2.24) is 15.1 Å². The van der Waals surface area contributed by atoms with Gasteiger partial charge in [-0.05, 0) is 63.5 Å². The van der Waals surface area contributed by atoms with Crippen molar-refractivity contribution in [3.63, 3.8) is 0 Å². The molecule has 3 saturated heterocycles. The molecule has 0 bridgehead atoms. The van der Waals surface area contributed by atoms with E-state index >= 15 is 0 Å². The van der Waals surface area contributed by atoms with Gasteiger partial charge in [-0.3, -0.25) is 0 Å². The maximum atomic E-state index is 12.8. The number of hydrogen-bond donors (Lipinski definition) is 1. The summed E-state index contributed by atoms with van der Waals surface area (Å²) in [5.41, 5.74) is 0. The number of urea groups is 1. The minimum absolute atomic E-state index is 0.324. The largest absolute Gasteiger partial charge is 0.325 e. The van der Waals surface area contributed by atoms with Crippen LogP contribution in [-0.4, -0.2) is 54.6 Å². The minimum atomic E-state index is 0.324. The van der Waals surface area contributed by atoms with Gasteiger partial charge < -0.3 is 15.1 Å². The molecule has 0 aliphatic carbocycles. The number of nitrogens with zero attached hydrogens (tertiary/aromatic N) is 2. The summed E-state index contributed by atoms with van der Waals surface area (Å²) in [5, 5.41) is 3.50. The van der Waals surface area contributed by atoms with Crippen LogP contribution in [0.25, 0.3) is 0 Å². The number of nitrogens with one attached hydrogen (secondary N) is 1. The zero-order valence-electron chi connectivity index (χ0n) is 12.8. The fourth-order valence-corrected chi connectivity index (χ4v) is 4.11. The van der Waals surface area contributed by atoms with Crippen molar-refractivity contribution in [2.45, 2.75) is 51.5 Å². The van der Waals surface area contributed by atoms with Crippen molar-refractivity contribution in [3.05, 3.63) is 0 Å². The van der Waals surface area contributed by atoms with Gasteiger partial charge in [-0.2, -0.15) is 0 Å². The molecule has 3 fully saturated rings. The number of carbonyl (C=O) groups is 1. The molecule has 3 heterocycles. The first-order chi connectivity index (χ1) is 9.75. The van der Waals surface area contributed by atoms with Gasteiger partial charge in [0, 0.05) is 25.7 Å². The number of rotatable bonds is 1. The van der Waals surface area contributed by atoms with Crippen LogP contribution in [0.3, 0.4) is 0 Å². The predicted molar refractivity (Wildman–Crippen MR) is 80.7 cm³/mol. The Morgan fingerprint density at radius 2 is 1.85 bits per heavy atom. The molecule has 0 aromatic carbocycles. The summed E-state index contributed by atoms with van der Waals surface area (Å²) in [4.78, 5) is 17.1. The molecule has 0 saturated carbocycles. The van der Waals surface area contributed by atoms with Gasteiger partial charge >= 0.3 is 6.03 Å². The minimum Gasteiger partial charge on any atom is -0.325 e. The summed E-state index contributed by atoms with van der Waals surface area (Å²) in [7, 11) is 0. The van der Waals surface area contributed by atoms with Gasteiger partial charge in [0.25, 0.3) is 0 Å². The molecular weight excluding hydrogens is 250 g/mol. The molecule has 0 radical (unpaired) electrons. The number of hydrogen-bond acceptors (Lipinski definition) is 2. The second-order valence-electron chi connectivity index (χ2n) is 6.96. The number of amides is 2. The Kier molecular flexibility index (Phi) is 4.49. The molecule has 3 aliphatic rings. The van der Waals surface area contributed by atoms with E-state index in [-0.39, 0.29) is 0 Å². The standard InChI is InChI=1S/C16H29N3O/c1-13-6-10-18(11-7-13)16(20)19-9-3-5-15(19)14-4-2-8-17-12-14/h13-15,17H,2-12H2,1H3. The van der Waals surface area contributed by atoms with Gasteiger partial charge in [0.05, 0.1) is 0 Å². The maximum Gasteiger partial charge on any atom is 0.320 e. The highest BCUT2D eigenvalue weighted by atomic mass is 16.2. The maximum absolute atomic E-state index is 12.8. The van der Waals surface area contributed by atoms with E-state index in [2.05, 4.69) is 22.0 Å². The van der Waals surface area contributed by atoms with Crippen molar-refractivity contribution < 1.29 is 4.79 Å². The topological polar surface area (TPSA) is 35.6 Å². The van der Waals surface area contributed by atoms with Crippen LogP contribution in [0.15, 0.2) is 0 Å². The third-order valence-corrected chi connectivity index (χ3v) is 5.48. The van der Waals surface area contributed by atoms with E-state index in [1.165, 1.54) is 38.5 Å². The van der Waals surface area contributed by atoms with Crippen LogP contribution in [0.1, 0.15) is 45.4 Å². The summed E-state index contributed by atoms with van der Waals surface area (Å²) in [6.45, 7) is 7.46. The Balaban J connectivity index is 1.60. The number of likely N-dealkylation sites (tertiary alicyclic amines) is 2. The van der Waals surface area contributed by atoms with Gasteiger partial charge in [-0.25, -0.2) is 4.79 Å². The van der Waals surface area contributed by atoms with Crippen molar-refractivity contribution in [2.75, 3.05) is 32.7 Å². The summed E-state index contributed by atoms with van der Waals surface area (Å²) in [6, 6.07) is 0.819. The molecule has 4 nitrogen and oxygen atoms in total. The predicted octanol–water partition coefficient (Wildman–Crippen LogP) is 2.30. The first-order valence-electron chi connectivity index (χ1n) is 8.52. The average Bonchev–Trinajstić information content (AvgIpc) is 2.97. The van der Waals surface area contributed by atoms with Gasteiger partial charge in [-0.15, -0.1) is 0 Å². The Morgan fingerprint density at radius 1 is 1.05 bits per heavy atom. The fourth-order valence-electron chi connectivity index (χ4n) is 4.11. The lowest BCUT2D eigenvalue weighted by atomic mass is 9.90. The highest BCUT2D eigenvalue weighted by Gasteiger charge is 2.37. The molecule has 20 heavy (non-hydrogen) atoms. The van der Waals surface area contributed by atoms with E-state index in [9.17, 15) is 4.79 Å². The zero-order valence-corrected chi connectivity index (χ0v) is 12.8. The lowest BCUT2D eigenvalue weighted by Crippen LogP contribution is -2.51. The van der Waals surface area contributed by atoms with Gasteiger partial charge in [-0.1, -0.05) is 6.92 Å². The smallest absolute Gasteiger partial charge is 0.320 e. The molecule has 2 atom stereocenters. The molecular formula is C16H29N3O. The molecule has 2 amide bonds. The fraction of sp³-hybridized carbons (Fsp3) is 0.938. The molecule has 0 aromatic heterocycles. The summed E-state index contributed by atoms with van der Waals surface area (Å²) in [6.07, 6.45) is 7.31. The lowest BCUT2D eigenvalue weighted by molar-refractivity contribution is 0.113. The van der Waals surface area contributed by atoms with E-state index in [0.717, 1.165) is 38.6 Å². The van der Waals surface area contributed by atoms with Crippen LogP contribution in [-0.2, 0) is 0 Å². The quantitative estimate of drug-likeness (QED) is 0.799. The van der Waals surface area contributed by atoms with Crippen LogP contribution >= 0.6 is 0 Å². The van der Waals surface area contributed by atoms with Gasteiger partial charge in [0.15, 0.2) is 0 Å². The Labute approximate surface area is 122 Å². The highest BCUT2D eigenvalue weighted by molar-refractivity contribution is 5.75. The average molecular weight is 279 g/mol. The molecule has 114 valence electrons. The van der Waals surface area contributed by atoms with Crippen LogP contribution < -0.4 is 5.32 Å². The van der Waals surface area contributed by atoms with Gasteiger partial charge in [0.2, 0.25) is 0 Å². The Hall–Kier alpha value is -0.770. The SMILES string of the molecule is CC1CCN(C(=O)N2CCCC2C2CCCNC2)CC1. The van der Waals surface area contributed by atoms with Gasteiger partial charge in [0.1, 0.15) is 0 Å². The molecule has 4 heteroatoms. The summed E-state index contributed by atoms with van der Waals surface area (Å²) < 4.78 is 0. The van der Waals surface area contributed by atoms with Crippen molar-refractivity contribution in [1.29, 1.82) is 0 Å². The first-order valence-corrected chi connectivity index (χ1v) is 8.52. The van der Waals surface area contributed by atoms with Crippen molar-refractivity contribution in [3.8, 4) is 0 Å². The van der Waals surface area contributed by atoms with Crippen molar-refractivity contribution >= 4 is 6.03 Å². The van der Waals surface area contributed by atoms with Crippen molar-refractivity contribution in [2.24, 2.45) is 11.8 Å². The van der Waals surface area contributed by atoms with E-state index in [1.807, 2.05) is 0 Å². The third-order valence-electron chi connectivity index (χ3n) is 5.48. The molecule has 3 aliphatic heterocycles. The van der Waals surface area contributed by atoms with E-state index in [4.69, 9.17) is 0 Å². The zero-order chi connectivity index (χ0) is 13.9. The molecule has 0 spiro atoms. The van der Waals surface area contributed by atoms with Crippen LogP contribution in [0, 0.1) is 11.8 Å². The van der Waals surface area contributed by atoms with Crippen LogP contribution in [0.5, 0.6) is 0 Å². The van der Waals surface area contributed by atoms with E-state index in [0.29, 0.717) is 18.0 Å². The van der Waals surface area contributed by atoms with Crippen LogP contribution in [0.4, 0.5) is 4.79 Å². The summed E-state index contributed by atoms with van der Waals surface area (Å²) >= 11 is 0. The molecule has 1 N–H and O–H groups in total. The second kappa shape index (κ2) is 6.33. The Morgan fingerprint density at radius 3 is 2.55 bits per heavy atom. The first kappa shape index (κ1) is 14.2. The second-order valence-corrected chi connectivity index (χ2v) is 6.96. The van der Waals surface area contributed by atoms with E-state index < -0.39 is 0 Å². The number of piperidine rings is 2. The molecule has 3 rings (SSSR count). The molecule has 2 unspecified atom stereocenters. The molecule has 0 aromatic rings. The normalized spacial score (nSPS) is 32.6. The third kappa shape index (κ3) is 2.95. The highest BCUT2D eigenvalue weighted by Crippen LogP contribution is 2.30. The monoisotopic (exact) mass is 279 g/mol. The summed E-state index contributed by atoms with van der Waals surface area (Å²) in [5.74, 6) is 1.47. The van der Waals surface area contributed by atoms with E-state index in [1.54, 1.807) is 0 Å². The Bertz CT molecular complexity index is 333.